The summed E-state index contributed by atoms with van der Waals surface area (Å²) in [7, 11) is -0.280. The van der Waals surface area contributed by atoms with Crippen LogP contribution in [-0.2, 0) is 10.1 Å². The van der Waals surface area contributed by atoms with Gasteiger partial charge in [0.1, 0.15) is 4.90 Å². The van der Waals surface area contributed by atoms with Gasteiger partial charge in [0.2, 0.25) is 5.75 Å². The standard InChI is InChI=1S/C17H17NO8S/c1-24-14-8-11(9-15(25-2)17(14)26-3)4-5-12-6-7-13(18(19)20)10-16(12)27(21,22)23/h4-10H,1-3H3,(H,21,22,23)/b5-4+. The highest BCUT2D eigenvalue weighted by Gasteiger charge is 2.19. The molecule has 0 aromatic heterocycles. The molecule has 0 unspecified atom stereocenters. The Hall–Kier alpha value is -3.11. The van der Waals surface area contributed by atoms with E-state index >= 15 is 0 Å². The Labute approximate surface area is 155 Å². The molecule has 0 atom stereocenters. The number of benzene rings is 2. The normalized spacial score (nSPS) is 11.4. The Balaban J connectivity index is 2.54. The van der Waals surface area contributed by atoms with E-state index in [4.69, 9.17) is 14.2 Å². The Morgan fingerprint density at radius 3 is 2.04 bits per heavy atom. The molecule has 0 aliphatic rings. The first kappa shape index (κ1) is 20.2. The summed E-state index contributed by atoms with van der Waals surface area (Å²) in [6.45, 7) is 0. The first-order chi connectivity index (χ1) is 12.7. The van der Waals surface area contributed by atoms with Gasteiger partial charge in [-0.15, -0.1) is 0 Å². The maximum absolute atomic E-state index is 11.6. The van der Waals surface area contributed by atoms with Crippen molar-refractivity contribution in [2.75, 3.05) is 21.3 Å². The molecule has 0 fully saturated rings. The van der Waals surface area contributed by atoms with Crippen LogP contribution in [-0.4, -0.2) is 39.2 Å². The Morgan fingerprint density at radius 2 is 1.59 bits per heavy atom. The average molecular weight is 395 g/mol. The summed E-state index contributed by atoms with van der Waals surface area (Å²) in [4.78, 5) is 9.53. The molecular weight excluding hydrogens is 378 g/mol. The van der Waals surface area contributed by atoms with Crippen molar-refractivity contribution in [1.82, 2.24) is 0 Å². The Bertz CT molecular complexity index is 973. The van der Waals surface area contributed by atoms with Gasteiger partial charge in [0.15, 0.2) is 11.5 Å². The molecule has 2 rings (SSSR count). The first-order valence-electron chi connectivity index (χ1n) is 7.45. The third-order valence-corrected chi connectivity index (χ3v) is 4.54. The van der Waals surface area contributed by atoms with Crippen LogP contribution < -0.4 is 14.2 Å². The second kappa shape index (κ2) is 8.06. The molecule has 0 saturated heterocycles. The molecule has 2 aromatic carbocycles. The zero-order chi connectivity index (χ0) is 20.2. The van der Waals surface area contributed by atoms with Gasteiger partial charge >= 0.3 is 0 Å². The molecule has 0 aliphatic heterocycles. The highest BCUT2D eigenvalue weighted by molar-refractivity contribution is 7.86. The molecule has 9 nitrogen and oxygen atoms in total. The van der Waals surface area contributed by atoms with Crippen LogP contribution in [0.2, 0.25) is 0 Å². The Morgan fingerprint density at radius 1 is 1.00 bits per heavy atom. The second-order valence-corrected chi connectivity index (χ2v) is 6.64. The maximum atomic E-state index is 11.6. The van der Waals surface area contributed by atoms with E-state index in [9.17, 15) is 23.1 Å². The van der Waals surface area contributed by atoms with Gasteiger partial charge < -0.3 is 14.2 Å². The summed E-state index contributed by atoms with van der Waals surface area (Å²) in [5, 5.41) is 10.8. The van der Waals surface area contributed by atoms with E-state index in [-0.39, 0.29) is 5.56 Å². The van der Waals surface area contributed by atoms with Gasteiger partial charge in [0, 0.05) is 12.1 Å². The van der Waals surface area contributed by atoms with Crippen LogP contribution in [0.5, 0.6) is 17.2 Å². The summed E-state index contributed by atoms with van der Waals surface area (Å²) in [5.41, 5.74) is 0.216. The number of ether oxygens (including phenoxy) is 3. The molecule has 144 valence electrons. The van der Waals surface area contributed by atoms with Crippen molar-refractivity contribution in [3.05, 3.63) is 51.6 Å². The molecule has 0 saturated carbocycles. The van der Waals surface area contributed by atoms with E-state index in [0.29, 0.717) is 22.8 Å². The predicted molar refractivity (Wildman–Crippen MR) is 97.9 cm³/mol. The van der Waals surface area contributed by atoms with E-state index in [1.54, 1.807) is 18.2 Å². The van der Waals surface area contributed by atoms with Crippen LogP contribution in [0.15, 0.2) is 35.2 Å². The first-order valence-corrected chi connectivity index (χ1v) is 8.89. The summed E-state index contributed by atoms with van der Waals surface area (Å²) in [6.07, 6.45) is 2.94. The fourth-order valence-corrected chi connectivity index (χ4v) is 3.08. The second-order valence-electron chi connectivity index (χ2n) is 5.25. The van der Waals surface area contributed by atoms with Crippen LogP contribution in [0.4, 0.5) is 5.69 Å². The summed E-state index contributed by atoms with van der Waals surface area (Å²) in [6, 6.07) is 6.44. The third kappa shape index (κ3) is 4.54. The SMILES string of the molecule is COc1cc(/C=C/c2ccc([N+](=O)[O-])cc2S(=O)(=O)O)cc(OC)c1OC. The van der Waals surface area contributed by atoms with Gasteiger partial charge in [-0.2, -0.15) is 8.42 Å². The number of nitro groups is 1. The molecule has 0 amide bonds. The fraction of sp³-hybridized carbons (Fsp3) is 0.176. The average Bonchev–Trinajstić information content (AvgIpc) is 2.64. The van der Waals surface area contributed by atoms with Crippen molar-refractivity contribution in [3.8, 4) is 17.2 Å². The summed E-state index contributed by atoms with van der Waals surface area (Å²) >= 11 is 0. The molecule has 27 heavy (non-hydrogen) atoms. The summed E-state index contributed by atoms with van der Waals surface area (Å²) < 4.78 is 48.2. The van der Waals surface area contributed by atoms with Gasteiger partial charge in [-0.3, -0.25) is 14.7 Å². The number of nitrogens with zero attached hydrogens (tertiary/aromatic N) is 1. The highest BCUT2D eigenvalue weighted by Crippen LogP contribution is 2.38. The van der Waals surface area contributed by atoms with E-state index in [1.165, 1.54) is 33.5 Å². The van der Waals surface area contributed by atoms with Gasteiger partial charge in [0.25, 0.3) is 15.8 Å². The van der Waals surface area contributed by atoms with Gasteiger partial charge in [0.05, 0.1) is 26.3 Å². The zero-order valence-corrected chi connectivity index (χ0v) is 15.5. The molecule has 0 radical (unpaired) electrons. The lowest BCUT2D eigenvalue weighted by molar-refractivity contribution is -0.385. The van der Waals surface area contributed by atoms with Gasteiger partial charge in [-0.1, -0.05) is 12.2 Å². The highest BCUT2D eigenvalue weighted by atomic mass is 32.2. The monoisotopic (exact) mass is 395 g/mol. The van der Waals surface area contributed by atoms with Crippen LogP contribution in [0.25, 0.3) is 12.2 Å². The molecule has 0 bridgehead atoms. The van der Waals surface area contributed by atoms with Crippen molar-refractivity contribution in [2.24, 2.45) is 0 Å². The zero-order valence-electron chi connectivity index (χ0n) is 14.7. The number of non-ortho nitro benzene ring substituents is 1. The van der Waals surface area contributed by atoms with E-state index in [1.807, 2.05) is 0 Å². The predicted octanol–water partition coefficient (Wildman–Crippen LogP) is 3.04. The van der Waals surface area contributed by atoms with Crippen LogP contribution in [0.3, 0.4) is 0 Å². The number of methoxy groups -OCH3 is 3. The quantitative estimate of drug-likeness (QED) is 0.328. The fourth-order valence-electron chi connectivity index (χ4n) is 2.38. The van der Waals surface area contributed by atoms with E-state index in [0.717, 1.165) is 12.1 Å². The molecule has 1 N–H and O–H groups in total. The topological polar surface area (TPSA) is 125 Å². The van der Waals surface area contributed by atoms with Crippen LogP contribution >= 0.6 is 0 Å². The van der Waals surface area contributed by atoms with Crippen molar-refractivity contribution >= 4 is 28.0 Å². The molecule has 0 spiro atoms. The molecule has 0 aliphatic carbocycles. The molecule has 0 heterocycles. The lowest BCUT2D eigenvalue weighted by Crippen LogP contribution is -2.02. The Kier molecular flexibility index (Phi) is 6.03. The minimum absolute atomic E-state index is 0.0804. The number of rotatable bonds is 7. The van der Waals surface area contributed by atoms with Gasteiger partial charge in [-0.25, -0.2) is 0 Å². The van der Waals surface area contributed by atoms with Crippen molar-refractivity contribution in [3.63, 3.8) is 0 Å². The maximum Gasteiger partial charge on any atom is 0.295 e. The number of nitro benzene ring substituents is 1. The summed E-state index contributed by atoms with van der Waals surface area (Å²) in [5.74, 6) is 1.19. The van der Waals surface area contributed by atoms with Crippen molar-refractivity contribution in [2.45, 2.75) is 4.90 Å². The van der Waals surface area contributed by atoms with E-state index in [2.05, 4.69) is 0 Å². The van der Waals surface area contributed by atoms with Crippen LogP contribution in [0.1, 0.15) is 11.1 Å². The molecular formula is C17H17NO8S. The van der Waals surface area contributed by atoms with Crippen molar-refractivity contribution in [1.29, 1.82) is 0 Å². The molecule has 10 heteroatoms. The minimum Gasteiger partial charge on any atom is -0.493 e. The van der Waals surface area contributed by atoms with E-state index < -0.39 is 25.6 Å². The minimum atomic E-state index is -4.66. The lowest BCUT2D eigenvalue weighted by atomic mass is 10.1. The number of hydrogen-bond donors (Lipinski definition) is 1. The number of hydrogen-bond acceptors (Lipinski definition) is 7. The van der Waals surface area contributed by atoms with Crippen LogP contribution in [0, 0.1) is 10.1 Å². The van der Waals surface area contributed by atoms with Gasteiger partial charge in [-0.05, 0) is 29.3 Å². The smallest absolute Gasteiger partial charge is 0.295 e. The third-order valence-electron chi connectivity index (χ3n) is 3.63. The lowest BCUT2D eigenvalue weighted by Gasteiger charge is -2.12. The largest absolute Gasteiger partial charge is 0.493 e. The van der Waals surface area contributed by atoms with Crippen molar-refractivity contribution < 1.29 is 32.1 Å². The molecule has 2 aromatic rings.